The summed E-state index contributed by atoms with van der Waals surface area (Å²) in [5, 5.41) is 10.3. The zero-order valence-electron chi connectivity index (χ0n) is 19.0. The molecular formula is C26H28N4O3. The van der Waals surface area contributed by atoms with Crippen molar-refractivity contribution in [1.82, 2.24) is 9.88 Å². The van der Waals surface area contributed by atoms with Crippen LogP contribution in [0.15, 0.2) is 72.9 Å². The lowest BCUT2D eigenvalue weighted by Crippen LogP contribution is -2.19. The van der Waals surface area contributed by atoms with Gasteiger partial charge >= 0.3 is 6.03 Å². The highest BCUT2D eigenvalue weighted by atomic mass is 16.5. The van der Waals surface area contributed by atoms with Gasteiger partial charge in [0.15, 0.2) is 11.5 Å². The molecule has 3 aromatic carbocycles. The molecule has 0 unspecified atom stereocenters. The Balaban J connectivity index is 1.32. The number of urea groups is 1. The minimum atomic E-state index is -0.277. The summed E-state index contributed by atoms with van der Waals surface area (Å²) in [7, 11) is 5.25. The van der Waals surface area contributed by atoms with Crippen molar-refractivity contribution < 1.29 is 14.3 Å². The van der Waals surface area contributed by atoms with E-state index >= 15 is 0 Å². The van der Waals surface area contributed by atoms with Gasteiger partial charge in [0.2, 0.25) is 0 Å². The molecule has 0 radical (unpaired) electrons. The van der Waals surface area contributed by atoms with Crippen LogP contribution in [0.4, 0.5) is 16.2 Å². The zero-order chi connectivity index (χ0) is 23.2. The second-order valence-electron chi connectivity index (χ2n) is 7.77. The standard InChI is InChI=1S/C26H28N4O3/c1-30-12-11-20-15-22(8-9-23(20)30)29-26(31)28-21-6-4-5-18(13-21)16-27-17-19-7-10-24(32-2)25(14-19)33-3/h4-15,27H,16-17H2,1-3H3,(H2,28,29,31). The number of hydrogen-bond acceptors (Lipinski definition) is 4. The molecule has 3 N–H and O–H groups in total. The molecule has 7 heteroatoms. The van der Waals surface area contributed by atoms with E-state index in [1.165, 1.54) is 0 Å². The first kappa shape index (κ1) is 22.2. The first-order chi connectivity index (χ1) is 16.1. The molecule has 0 spiro atoms. The fourth-order valence-corrected chi connectivity index (χ4v) is 3.75. The van der Waals surface area contributed by atoms with E-state index in [9.17, 15) is 4.79 Å². The minimum absolute atomic E-state index is 0.277. The number of nitrogens with zero attached hydrogens (tertiary/aromatic N) is 1. The Morgan fingerprint density at radius 2 is 1.55 bits per heavy atom. The summed E-state index contributed by atoms with van der Waals surface area (Å²) in [5.41, 5.74) is 4.77. The highest BCUT2D eigenvalue weighted by Crippen LogP contribution is 2.27. The lowest BCUT2D eigenvalue weighted by Gasteiger charge is -2.11. The summed E-state index contributed by atoms with van der Waals surface area (Å²) in [5.74, 6) is 1.42. The number of rotatable bonds is 8. The van der Waals surface area contributed by atoms with Crippen LogP contribution in [-0.4, -0.2) is 24.8 Å². The van der Waals surface area contributed by atoms with Crippen molar-refractivity contribution in [2.75, 3.05) is 24.9 Å². The summed E-state index contributed by atoms with van der Waals surface area (Å²) in [4.78, 5) is 12.5. The number of anilines is 2. The van der Waals surface area contributed by atoms with E-state index in [1.54, 1.807) is 14.2 Å². The molecule has 33 heavy (non-hydrogen) atoms. The number of methoxy groups -OCH3 is 2. The van der Waals surface area contributed by atoms with Crippen LogP contribution in [0.2, 0.25) is 0 Å². The topological polar surface area (TPSA) is 76.5 Å². The van der Waals surface area contributed by atoms with Crippen molar-refractivity contribution in [3.63, 3.8) is 0 Å². The van der Waals surface area contributed by atoms with Crippen molar-refractivity contribution >= 4 is 28.3 Å². The van der Waals surface area contributed by atoms with Crippen molar-refractivity contribution in [2.45, 2.75) is 13.1 Å². The van der Waals surface area contributed by atoms with E-state index in [0.717, 1.165) is 33.4 Å². The Morgan fingerprint density at radius 1 is 0.818 bits per heavy atom. The molecule has 0 saturated heterocycles. The quantitative estimate of drug-likeness (QED) is 0.352. The maximum Gasteiger partial charge on any atom is 0.323 e. The number of fused-ring (bicyclic) bond motifs is 1. The Labute approximate surface area is 193 Å². The van der Waals surface area contributed by atoms with Crippen LogP contribution < -0.4 is 25.4 Å². The molecule has 170 valence electrons. The number of nitrogens with one attached hydrogen (secondary N) is 3. The van der Waals surface area contributed by atoms with Crippen LogP contribution in [0.1, 0.15) is 11.1 Å². The predicted octanol–water partition coefficient (Wildman–Crippen LogP) is 5.13. The molecule has 0 aliphatic heterocycles. The molecule has 0 saturated carbocycles. The minimum Gasteiger partial charge on any atom is -0.493 e. The van der Waals surface area contributed by atoms with Gasteiger partial charge in [-0.1, -0.05) is 18.2 Å². The van der Waals surface area contributed by atoms with Gasteiger partial charge in [-0.3, -0.25) is 0 Å². The molecule has 0 bridgehead atoms. The average molecular weight is 445 g/mol. The first-order valence-corrected chi connectivity index (χ1v) is 10.7. The van der Waals surface area contributed by atoms with Crippen molar-refractivity contribution in [2.24, 2.45) is 7.05 Å². The summed E-state index contributed by atoms with van der Waals surface area (Å²) in [6.45, 7) is 1.34. The molecule has 0 aliphatic carbocycles. The van der Waals surface area contributed by atoms with Crippen LogP contribution in [-0.2, 0) is 20.1 Å². The number of carbonyl (C=O) groups is 1. The van der Waals surface area contributed by atoms with Crippen molar-refractivity contribution in [3.05, 3.63) is 84.1 Å². The van der Waals surface area contributed by atoms with Crippen molar-refractivity contribution in [1.29, 1.82) is 0 Å². The average Bonchev–Trinajstić information content (AvgIpc) is 3.19. The highest BCUT2D eigenvalue weighted by Gasteiger charge is 2.07. The fraction of sp³-hybridized carbons (Fsp3) is 0.192. The highest BCUT2D eigenvalue weighted by molar-refractivity contribution is 6.01. The molecule has 4 rings (SSSR count). The van der Waals surface area contributed by atoms with E-state index in [1.807, 2.05) is 84.5 Å². The van der Waals surface area contributed by atoms with E-state index in [-0.39, 0.29) is 6.03 Å². The molecule has 0 atom stereocenters. The van der Waals surface area contributed by atoms with Gasteiger partial charge in [-0.2, -0.15) is 0 Å². The molecule has 2 amide bonds. The Kier molecular flexibility index (Phi) is 6.80. The third kappa shape index (κ3) is 5.45. The van der Waals surface area contributed by atoms with Gasteiger partial charge in [-0.25, -0.2) is 4.79 Å². The van der Waals surface area contributed by atoms with Gasteiger partial charge in [0.05, 0.1) is 14.2 Å². The van der Waals surface area contributed by atoms with Gasteiger partial charge in [-0.15, -0.1) is 0 Å². The number of hydrogen-bond donors (Lipinski definition) is 3. The Morgan fingerprint density at radius 3 is 2.30 bits per heavy atom. The van der Waals surface area contributed by atoms with Crippen LogP contribution in [0.25, 0.3) is 10.9 Å². The van der Waals surface area contributed by atoms with Crippen molar-refractivity contribution in [3.8, 4) is 11.5 Å². The van der Waals surface area contributed by atoms with Crippen LogP contribution >= 0.6 is 0 Å². The zero-order valence-corrected chi connectivity index (χ0v) is 19.0. The summed E-state index contributed by atoms with van der Waals surface area (Å²) >= 11 is 0. The van der Waals surface area contributed by atoms with Gasteiger partial charge < -0.3 is 30.0 Å². The predicted molar refractivity (Wildman–Crippen MR) is 132 cm³/mol. The maximum absolute atomic E-state index is 12.5. The van der Waals surface area contributed by atoms with Gasteiger partial charge in [0.1, 0.15) is 0 Å². The molecule has 1 aromatic heterocycles. The second-order valence-corrected chi connectivity index (χ2v) is 7.77. The van der Waals surface area contributed by atoms with E-state index < -0.39 is 0 Å². The maximum atomic E-state index is 12.5. The molecule has 0 aliphatic rings. The Hall–Kier alpha value is -3.97. The van der Waals surface area contributed by atoms with Gasteiger partial charge in [-0.05, 0) is 59.7 Å². The summed E-state index contributed by atoms with van der Waals surface area (Å²) < 4.78 is 12.7. The van der Waals surface area contributed by atoms with Crippen LogP contribution in [0.3, 0.4) is 0 Å². The number of ether oxygens (including phenoxy) is 2. The number of carbonyl (C=O) groups excluding carboxylic acids is 1. The second kappa shape index (κ2) is 10.1. The number of benzene rings is 3. The third-order valence-electron chi connectivity index (χ3n) is 5.43. The largest absolute Gasteiger partial charge is 0.493 e. The summed E-state index contributed by atoms with van der Waals surface area (Å²) in [6, 6.07) is 21.2. The SMILES string of the molecule is COc1ccc(CNCc2cccc(NC(=O)Nc3ccc4c(ccn4C)c3)c2)cc1OC. The monoisotopic (exact) mass is 444 g/mol. The third-order valence-corrected chi connectivity index (χ3v) is 5.43. The number of amides is 2. The Bertz CT molecular complexity index is 1270. The molecule has 7 nitrogen and oxygen atoms in total. The molecule has 4 aromatic rings. The number of aromatic nitrogens is 1. The first-order valence-electron chi connectivity index (χ1n) is 10.7. The van der Waals surface area contributed by atoms with Crippen LogP contribution in [0.5, 0.6) is 11.5 Å². The van der Waals surface area contributed by atoms with Crippen LogP contribution in [0, 0.1) is 0 Å². The lowest BCUT2D eigenvalue weighted by molar-refractivity contribution is 0.262. The smallest absolute Gasteiger partial charge is 0.323 e. The molecular weight excluding hydrogens is 416 g/mol. The summed E-state index contributed by atoms with van der Waals surface area (Å²) in [6.07, 6.45) is 2.00. The van der Waals surface area contributed by atoms with E-state index in [2.05, 4.69) is 16.0 Å². The van der Waals surface area contributed by atoms with Gasteiger partial charge in [0.25, 0.3) is 0 Å². The van der Waals surface area contributed by atoms with E-state index in [4.69, 9.17) is 9.47 Å². The van der Waals surface area contributed by atoms with E-state index in [0.29, 0.717) is 24.6 Å². The van der Waals surface area contributed by atoms with Gasteiger partial charge in [0, 0.05) is 48.6 Å². The molecule has 1 heterocycles. The normalized spacial score (nSPS) is 10.8. The molecule has 0 fully saturated rings. The fourth-order valence-electron chi connectivity index (χ4n) is 3.75. The lowest BCUT2D eigenvalue weighted by atomic mass is 10.1. The number of aryl methyl sites for hydroxylation is 1.